The van der Waals surface area contributed by atoms with E-state index in [1.165, 1.54) is 15.7 Å². The molecule has 0 aliphatic carbocycles. The van der Waals surface area contributed by atoms with Gasteiger partial charge in [-0.15, -0.1) is 0 Å². The van der Waals surface area contributed by atoms with Crippen molar-refractivity contribution in [1.29, 1.82) is 0 Å². The first-order valence-electron chi connectivity index (χ1n) is 7.63. The lowest BCUT2D eigenvalue weighted by Crippen LogP contribution is -2.39. The monoisotopic (exact) mass is 328 g/mol. The first-order chi connectivity index (χ1) is 11.2. The molecule has 1 unspecified atom stereocenters. The van der Waals surface area contributed by atoms with E-state index in [0.29, 0.717) is 17.9 Å². The predicted molar refractivity (Wildman–Crippen MR) is 87.8 cm³/mol. The molecule has 0 spiro atoms. The fraction of sp³-hybridized carbons (Fsp3) is 0.312. The molecule has 23 heavy (non-hydrogen) atoms. The molecule has 118 valence electrons. The summed E-state index contributed by atoms with van der Waals surface area (Å²) < 4.78 is 1.47. The van der Waals surface area contributed by atoms with Gasteiger partial charge in [0.05, 0.1) is 11.6 Å². The van der Waals surface area contributed by atoms with Crippen LogP contribution < -0.4 is 5.56 Å². The van der Waals surface area contributed by atoms with Gasteiger partial charge in [-0.2, -0.15) is 11.3 Å². The van der Waals surface area contributed by atoms with Crippen LogP contribution in [-0.4, -0.2) is 31.7 Å². The van der Waals surface area contributed by atoms with Crippen LogP contribution in [-0.2, 0) is 0 Å². The molecular weight excluding hydrogens is 312 g/mol. The number of hydrogen-bond donors (Lipinski definition) is 1. The van der Waals surface area contributed by atoms with Crippen molar-refractivity contribution in [1.82, 2.24) is 19.3 Å². The number of rotatable bonds is 2. The molecule has 7 heteroatoms. The maximum atomic E-state index is 12.8. The summed E-state index contributed by atoms with van der Waals surface area (Å²) in [5.74, 6) is 0.543. The molecule has 3 aromatic heterocycles. The quantitative estimate of drug-likeness (QED) is 0.785. The van der Waals surface area contributed by atoms with Crippen molar-refractivity contribution in [2.24, 2.45) is 0 Å². The van der Waals surface area contributed by atoms with Gasteiger partial charge in [0.2, 0.25) is 5.78 Å². The largest absolute Gasteiger partial charge is 0.330 e. The molecule has 0 bridgehead atoms. The van der Waals surface area contributed by atoms with Crippen molar-refractivity contribution in [3.63, 3.8) is 0 Å². The van der Waals surface area contributed by atoms with E-state index in [0.717, 1.165) is 25.0 Å². The Hall–Kier alpha value is -2.41. The molecule has 3 aromatic rings. The van der Waals surface area contributed by atoms with Crippen molar-refractivity contribution in [2.45, 2.75) is 25.3 Å². The van der Waals surface area contributed by atoms with Gasteiger partial charge in [0, 0.05) is 36.1 Å². The lowest BCUT2D eigenvalue weighted by Gasteiger charge is -2.35. The first kappa shape index (κ1) is 14.2. The summed E-state index contributed by atoms with van der Waals surface area (Å²) in [4.78, 5) is 34.2. The number of aromatic nitrogens is 3. The zero-order valence-corrected chi connectivity index (χ0v) is 13.3. The number of amides is 1. The Balaban J connectivity index is 1.74. The number of H-pyrrole nitrogens is 1. The number of nitrogens with one attached hydrogen (secondary N) is 1. The summed E-state index contributed by atoms with van der Waals surface area (Å²) in [6.07, 6.45) is 6.10. The number of hydrogen-bond acceptors (Lipinski definition) is 4. The molecular formula is C16H16N4O2S. The minimum Gasteiger partial charge on any atom is -0.330 e. The van der Waals surface area contributed by atoms with E-state index in [2.05, 4.69) is 9.97 Å². The normalized spacial score (nSPS) is 18.4. The van der Waals surface area contributed by atoms with Gasteiger partial charge >= 0.3 is 0 Å². The molecule has 6 nitrogen and oxygen atoms in total. The summed E-state index contributed by atoms with van der Waals surface area (Å²) in [7, 11) is 0. The third-order valence-corrected chi connectivity index (χ3v) is 4.99. The second-order valence-corrected chi connectivity index (χ2v) is 6.49. The Morgan fingerprint density at radius 2 is 2.30 bits per heavy atom. The molecule has 0 aromatic carbocycles. The van der Waals surface area contributed by atoms with Crippen LogP contribution in [0.3, 0.4) is 0 Å². The Bertz CT molecular complexity index is 896. The van der Waals surface area contributed by atoms with E-state index in [9.17, 15) is 9.59 Å². The SMILES string of the molecule is O=C(c1ccsc1)N1CCCCC1c1cc(=O)n2ccnc2[nH]1. The van der Waals surface area contributed by atoms with Crippen molar-refractivity contribution in [3.05, 3.63) is 56.9 Å². The molecule has 1 aliphatic heterocycles. The topological polar surface area (TPSA) is 70.5 Å². The molecule has 1 amide bonds. The molecule has 4 heterocycles. The van der Waals surface area contributed by atoms with Crippen molar-refractivity contribution in [2.75, 3.05) is 6.54 Å². The van der Waals surface area contributed by atoms with Crippen LogP contribution in [0.5, 0.6) is 0 Å². The van der Waals surface area contributed by atoms with Crippen LogP contribution in [0.4, 0.5) is 0 Å². The molecule has 1 saturated heterocycles. The second kappa shape index (κ2) is 5.66. The van der Waals surface area contributed by atoms with E-state index in [1.807, 2.05) is 21.7 Å². The predicted octanol–water partition coefficient (Wildman–Crippen LogP) is 2.45. The van der Waals surface area contributed by atoms with Crippen molar-refractivity contribution >= 4 is 23.0 Å². The summed E-state index contributed by atoms with van der Waals surface area (Å²) in [6.45, 7) is 0.709. The average Bonchev–Trinajstić information content (AvgIpc) is 3.25. The Morgan fingerprint density at radius 3 is 3.13 bits per heavy atom. The summed E-state index contributed by atoms with van der Waals surface area (Å²) in [5.41, 5.74) is 1.35. The molecule has 1 aliphatic rings. The van der Waals surface area contributed by atoms with Crippen LogP contribution in [0.15, 0.2) is 40.1 Å². The highest BCUT2D eigenvalue weighted by molar-refractivity contribution is 7.08. The lowest BCUT2D eigenvalue weighted by atomic mass is 9.98. The van der Waals surface area contributed by atoms with Gasteiger partial charge in [0.25, 0.3) is 11.5 Å². The molecule has 0 radical (unpaired) electrons. The van der Waals surface area contributed by atoms with Gasteiger partial charge in [-0.25, -0.2) is 4.98 Å². The zero-order chi connectivity index (χ0) is 15.8. The maximum Gasteiger partial charge on any atom is 0.259 e. The van der Waals surface area contributed by atoms with Gasteiger partial charge in [0.1, 0.15) is 0 Å². The number of carbonyl (C=O) groups excluding carboxylic acids is 1. The molecule has 1 N–H and O–H groups in total. The smallest absolute Gasteiger partial charge is 0.259 e. The Morgan fingerprint density at radius 1 is 1.39 bits per heavy atom. The third kappa shape index (κ3) is 2.46. The van der Waals surface area contributed by atoms with Gasteiger partial charge < -0.3 is 9.88 Å². The van der Waals surface area contributed by atoms with Gasteiger partial charge in [-0.05, 0) is 30.7 Å². The van der Waals surface area contributed by atoms with E-state index in [4.69, 9.17) is 0 Å². The minimum absolute atomic E-state index is 0.0278. The number of likely N-dealkylation sites (tertiary alicyclic amines) is 1. The van der Waals surface area contributed by atoms with Crippen LogP contribution in [0, 0.1) is 0 Å². The van der Waals surface area contributed by atoms with Crippen LogP contribution in [0.25, 0.3) is 5.78 Å². The fourth-order valence-electron chi connectivity index (χ4n) is 3.17. The second-order valence-electron chi connectivity index (χ2n) is 5.71. The van der Waals surface area contributed by atoms with E-state index >= 15 is 0 Å². The van der Waals surface area contributed by atoms with E-state index in [1.54, 1.807) is 18.5 Å². The highest BCUT2D eigenvalue weighted by Gasteiger charge is 2.30. The molecule has 1 fully saturated rings. The fourth-order valence-corrected chi connectivity index (χ4v) is 3.80. The number of fused-ring (bicyclic) bond motifs is 1. The van der Waals surface area contributed by atoms with Crippen molar-refractivity contribution < 1.29 is 4.79 Å². The van der Waals surface area contributed by atoms with Crippen LogP contribution in [0.2, 0.25) is 0 Å². The zero-order valence-electron chi connectivity index (χ0n) is 12.4. The van der Waals surface area contributed by atoms with Gasteiger partial charge in [-0.1, -0.05) is 0 Å². The van der Waals surface area contributed by atoms with Gasteiger partial charge in [0.15, 0.2) is 0 Å². The average molecular weight is 328 g/mol. The standard InChI is InChI=1S/C16H16N4O2S/c21-14-9-12(18-16-17-5-7-20(14)16)13-3-1-2-6-19(13)15(22)11-4-8-23-10-11/h4-5,7-10,13H,1-3,6H2,(H,17,18). The summed E-state index contributed by atoms with van der Waals surface area (Å²) in [6, 6.07) is 3.32. The maximum absolute atomic E-state index is 12.8. The Kier molecular flexibility index (Phi) is 3.49. The number of carbonyl (C=O) groups is 1. The van der Waals surface area contributed by atoms with Crippen molar-refractivity contribution in [3.8, 4) is 0 Å². The summed E-state index contributed by atoms with van der Waals surface area (Å²) >= 11 is 1.52. The van der Waals surface area contributed by atoms with Crippen LogP contribution in [0.1, 0.15) is 41.4 Å². The van der Waals surface area contributed by atoms with Crippen LogP contribution >= 0.6 is 11.3 Å². The number of aromatic amines is 1. The van der Waals surface area contributed by atoms with E-state index < -0.39 is 0 Å². The van der Waals surface area contributed by atoms with Gasteiger partial charge in [-0.3, -0.25) is 14.0 Å². The number of piperidine rings is 1. The number of thiophene rings is 1. The number of imidazole rings is 1. The first-order valence-corrected chi connectivity index (χ1v) is 8.58. The summed E-state index contributed by atoms with van der Waals surface area (Å²) in [5, 5.41) is 3.78. The number of nitrogens with zero attached hydrogens (tertiary/aromatic N) is 3. The third-order valence-electron chi connectivity index (χ3n) is 4.30. The highest BCUT2D eigenvalue weighted by atomic mass is 32.1. The highest BCUT2D eigenvalue weighted by Crippen LogP contribution is 2.31. The molecule has 1 atom stereocenters. The Labute approximate surface area is 136 Å². The molecule has 0 saturated carbocycles. The lowest BCUT2D eigenvalue weighted by molar-refractivity contribution is 0.0606. The molecule has 4 rings (SSSR count). The van der Waals surface area contributed by atoms with E-state index in [-0.39, 0.29) is 17.5 Å². The minimum atomic E-state index is -0.125.